The van der Waals surface area contributed by atoms with Crippen LogP contribution in [-0.2, 0) is 6.61 Å². The van der Waals surface area contributed by atoms with Crippen LogP contribution < -0.4 is 4.74 Å². The molecule has 4 aromatic rings. The van der Waals surface area contributed by atoms with Crippen molar-refractivity contribution in [2.24, 2.45) is 0 Å². The maximum absolute atomic E-state index is 11.2. The van der Waals surface area contributed by atoms with E-state index in [0.717, 1.165) is 22.2 Å². The van der Waals surface area contributed by atoms with E-state index in [1.807, 2.05) is 65.4 Å². The van der Waals surface area contributed by atoms with Crippen molar-refractivity contribution in [1.82, 2.24) is 9.55 Å². The summed E-state index contributed by atoms with van der Waals surface area (Å²) in [6, 6.07) is 22.7. The summed E-state index contributed by atoms with van der Waals surface area (Å²) in [5.41, 5.74) is 2.02. The number of benzene rings is 2. The third-order valence-corrected chi connectivity index (χ3v) is 4.13. The highest BCUT2D eigenvalue weighted by Gasteiger charge is 2.11. The zero-order chi connectivity index (χ0) is 17.9. The van der Waals surface area contributed by atoms with Crippen molar-refractivity contribution in [3.63, 3.8) is 0 Å². The van der Waals surface area contributed by atoms with Crippen molar-refractivity contribution < 1.29 is 14.6 Å². The first-order valence-corrected chi connectivity index (χ1v) is 8.20. The maximum Gasteiger partial charge on any atom is 0.354 e. The molecule has 0 aliphatic heterocycles. The molecule has 128 valence electrons. The Hall–Kier alpha value is -3.60. The highest BCUT2D eigenvalue weighted by molar-refractivity contribution is 5.88. The van der Waals surface area contributed by atoms with Gasteiger partial charge in [0, 0.05) is 11.6 Å². The van der Waals surface area contributed by atoms with Crippen LogP contribution in [-0.4, -0.2) is 20.6 Å². The molecule has 0 aliphatic rings. The van der Waals surface area contributed by atoms with Crippen molar-refractivity contribution in [3.05, 3.63) is 90.3 Å². The number of nitrogens with zero attached hydrogens (tertiary/aromatic N) is 2. The predicted molar refractivity (Wildman–Crippen MR) is 98.8 cm³/mol. The molecule has 5 heteroatoms. The Labute approximate surface area is 150 Å². The van der Waals surface area contributed by atoms with E-state index >= 15 is 0 Å². The number of carboxylic acids is 1. The van der Waals surface area contributed by atoms with Crippen LogP contribution in [0.25, 0.3) is 16.7 Å². The number of fused-ring (bicyclic) bond motifs is 1. The first kappa shape index (κ1) is 15.9. The van der Waals surface area contributed by atoms with Crippen molar-refractivity contribution in [3.8, 4) is 11.6 Å². The highest BCUT2D eigenvalue weighted by Crippen LogP contribution is 2.29. The monoisotopic (exact) mass is 344 g/mol. The third kappa shape index (κ3) is 3.02. The van der Waals surface area contributed by atoms with E-state index in [4.69, 9.17) is 9.84 Å². The number of ether oxygens (including phenoxy) is 1. The Bertz CT molecular complexity index is 1070. The van der Waals surface area contributed by atoms with Crippen molar-refractivity contribution in [2.75, 3.05) is 0 Å². The standard InChI is InChI=1S/C21H16N2O3/c24-21(25)17-8-4-11-20(22-17)23-13-12-16-18(23)9-5-10-19(16)26-14-15-6-2-1-3-7-15/h1-13H,14H2,(H,24,25). The van der Waals surface area contributed by atoms with Crippen LogP contribution in [0.2, 0.25) is 0 Å². The fourth-order valence-electron chi connectivity index (χ4n) is 2.88. The summed E-state index contributed by atoms with van der Waals surface area (Å²) >= 11 is 0. The molecule has 4 rings (SSSR count). The smallest absolute Gasteiger partial charge is 0.354 e. The normalized spacial score (nSPS) is 10.8. The Morgan fingerprint density at radius 2 is 1.77 bits per heavy atom. The summed E-state index contributed by atoms with van der Waals surface area (Å²) in [6.07, 6.45) is 1.87. The van der Waals surface area contributed by atoms with Crippen LogP contribution in [0.15, 0.2) is 79.0 Å². The number of hydrogen-bond donors (Lipinski definition) is 1. The molecule has 2 heterocycles. The van der Waals surface area contributed by atoms with Gasteiger partial charge in [-0.1, -0.05) is 42.5 Å². The number of hydrogen-bond acceptors (Lipinski definition) is 3. The van der Waals surface area contributed by atoms with Crippen molar-refractivity contribution in [1.29, 1.82) is 0 Å². The Morgan fingerprint density at radius 1 is 0.962 bits per heavy atom. The van der Waals surface area contributed by atoms with Crippen LogP contribution in [0.1, 0.15) is 16.1 Å². The Kier molecular flexibility index (Phi) is 4.11. The Morgan fingerprint density at radius 3 is 2.58 bits per heavy atom. The van der Waals surface area contributed by atoms with E-state index in [-0.39, 0.29) is 5.69 Å². The molecule has 0 saturated heterocycles. The molecule has 0 saturated carbocycles. The molecule has 0 unspecified atom stereocenters. The van der Waals surface area contributed by atoms with Gasteiger partial charge in [-0.05, 0) is 35.9 Å². The molecule has 0 spiro atoms. The minimum Gasteiger partial charge on any atom is -0.488 e. The topological polar surface area (TPSA) is 64.3 Å². The van der Waals surface area contributed by atoms with E-state index in [2.05, 4.69) is 4.98 Å². The molecule has 0 aliphatic carbocycles. The van der Waals surface area contributed by atoms with Gasteiger partial charge >= 0.3 is 5.97 Å². The van der Waals surface area contributed by atoms with Crippen LogP contribution in [0.5, 0.6) is 5.75 Å². The average molecular weight is 344 g/mol. The summed E-state index contributed by atoms with van der Waals surface area (Å²) < 4.78 is 7.85. The van der Waals surface area contributed by atoms with Crippen molar-refractivity contribution in [2.45, 2.75) is 6.61 Å². The minimum absolute atomic E-state index is 0.0147. The SMILES string of the molecule is O=C(O)c1cccc(-n2ccc3c(OCc4ccccc4)cccc32)n1. The van der Waals surface area contributed by atoms with E-state index in [9.17, 15) is 4.79 Å². The number of carboxylic acid groups (broad SMARTS) is 1. The van der Waals surface area contributed by atoms with E-state index in [1.54, 1.807) is 12.1 Å². The lowest BCUT2D eigenvalue weighted by atomic mass is 10.2. The molecule has 1 N–H and O–H groups in total. The number of aromatic nitrogens is 2. The third-order valence-electron chi connectivity index (χ3n) is 4.13. The Balaban J connectivity index is 1.69. The van der Waals surface area contributed by atoms with E-state index in [1.165, 1.54) is 6.07 Å². The first-order chi connectivity index (χ1) is 12.7. The average Bonchev–Trinajstić information content (AvgIpc) is 3.12. The largest absolute Gasteiger partial charge is 0.488 e. The lowest BCUT2D eigenvalue weighted by Crippen LogP contribution is -2.04. The minimum atomic E-state index is -1.05. The molecule has 2 aromatic heterocycles. The van der Waals surface area contributed by atoms with Crippen LogP contribution in [0.4, 0.5) is 0 Å². The summed E-state index contributed by atoms with van der Waals surface area (Å²) in [7, 11) is 0. The molecule has 26 heavy (non-hydrogen) atoms. The molecular weight excluding hydrogens is 328 g/mol. The van der Waals surface area contributed by atoms with Gasteiger partial charge in [0.25, 0.3) is 0 Å². The molecule has 0 fully saturated rings. The van der Waals surface area contributed by atoms with Gasteiger partial charge in [-0.3, -0.25) is 0 Å². The molecule has 5 nitrogen and oxygen atoms in total. The molecule has 2 aromatic carbocycles. The summed E-state index contributed by atoms with van der Waals surface area (Å²) in [4.78, 5) is 15.4. The van der Waals surface area contributed by atoms with Crippen molar-refractivity contribution >= 4 is 16.9 Å². The number of pyridine rings is 1. The summed E-state index contributed by atoms with van der Waals surface area (Å²) in [5.74, 6) is 0.287. The second kappa shape index (κ2) is 6.72. The van der Waals surface area contributed by atoms with Gasteiger partial charge in [0.15, 0.2) is 5.69 Å². The summed E-state index contributed by atoms with van der Waals surface area (Å²) in [5, 5.41) is 10.1. The first-order valence-electron chi connectivity index (χ1n) is 8.20. The van der Waals surface area contributed by atoms with Crippen LogP contribution in [0, 0.1) is 0 Å². The van der Waals surface area contributed by atoms with Gasteiger partial charge in [-0.15, -0.1) is 0 Å². The van der Waals surface area contributed by atoms with Gasteiger partial charge in [-0.2, -0.15) is 0 Å². The lowest BCUT2D eigenvalue weighted by molar-refractivity contribution is 0.0690. The van der Waals surface area contributed by atoms with Gasteiger partial charge < -0.3 is 14.4 Å². The van der Waals surface area contributed by atoms with Crippen LogP contribution >= 0.6 is 0 Å². The fourth-order valence-corrected chi connectivity index (χ4v) is 2.88. The zero-order valence-corrected chi connectivity index (χ0v) is 13.9. The quantitative estimate of drug-likeness (QED) is 0.586. The van der Waals surface area contributed by atoms with Gasteiger partial charge in [0.2, 0.25) is 0 Å². The highest BCUT2D eigenvalue weighted by atomic mass is 16.5. The van der Waals surface area contributed by atoms with Gasteiger partial charge in [0.05, 0.1) is 5.52 Å². The second-order valence-corrected chi connectivity index (χ2v) is 5.84. The molecule has 0 amide bonds. The number of rotatable bonds is 5. The van der Waals surface area contributed by atoms with Crippen LogP contribution in [0.3, 0.4) is 0 Å². The molecule has 0 atom stereocenters. The molecule has 0 radical (unpaired) electrons. The fraction of sp³-hybridized carbons (Fsp3) is 0.0476. The second-order valence-electron chi connectivity index (χ2n) is 5.84. The van der Waals surface area contributed by atoms with Gasteiger partial charge in [0.1, 0.15) is 18.2 Å². The maximum atomic E-state index is 11.2. The van der Waals surface area contributed by atoms with E-state index in [0.29, 0.717) is 12.4 Å². The molecule has 0 bridgehead atoms. The lowest BCUT2D eigenvalue weighted by Gasteiger charge is -2.09. The zero-order valence-electron chi connectivity index (χ0n) is 13.9. The van der Waals surface area contributed by atoms with Gasteiger partial charge in [-0.25, -0.2) is 9.78 Å². The number of aromatic carboxylic acids is 1. The van der Waals surface area contributed by atoms with E-state index < -0.39 is 5.97 Å². The molecular formula is C21H16N2O3. The summed E-state index contributed by atoms with van der Waals surface area (Å²) in [6.45, 7) is 0.484. The number of carbonyl (C=O) groups is 1. The predicted octanol–water partition coefficient (Wildman–Crippen LogP) is 4.30.